The molecule has 0 spiro atoms. The number of ether oxygens (including phenoxy) is 2. The first-order valence-corrected chi connectivity index (χ1v) is 11.2. The van der Waals surface area contributed by atoms with Gasteiger partial charge in [0.1, 0.15) is 6.10 Å². The Bertz CT molecular complexity index is 827. The van der Waals surface area contributed by atoms with Crippen molar-refractivity contribution in [3.8, 4) is 0 Å². The van der Waals surface area contributed by atoms with E-state index >= 15 is 0 Å². The molecule has 0 radical (unpaired) electrons. The second-order valence-corrected chi connectivity index (χ2v) is 8.56. The Balaban J connectivity index is 0.00000256. The Morgan fingerprint density at radius 2 is 1.87 bits per heavy atom. The lowest BCUT2D eigenvalue weighted by Gasteiger charge is -2.37. The molecule has 1 saturated carbocycles. The second-order valence-electron chi connectivity index (χ2n) is 8.56. The number of hydrogen-bond acceptors (Lipinski definition) is 4. The minimum absolute atomic E-state index is 0. The summed E-state index contributed by atoms with van der Waals surface area (Å²) in [6, 6.07) is 15.8. The molecule has 3 atom stereocenters. The fraction of sp³-hybridized carbons (Fsp3) is 0.560. The molecule has 0 N–H and O–H groups in total. The van der Waals surface area contributed by atoms with Crippen molar-refractivity contribution in [2.45, 2.75) is 70.1 Å². The van der Waals surface area contributed by atoms with E-state index in [0.29, 0.717) is 12.1 Å². The number of esters is 1. The highest BCUT2D eigenvalue weighted by atomic mass is 35.5. The van der Waals surface area contributed by atoms with E-state index in [0.717, 1.165) is 45.4 Å². The van der Waals surface area contributed by atoms with Gasteiger partial charge in [0.05, 0.1) is 6.10 Å². The van der Waals surface area contributed by atoms with E-state index in [4.69, 9.17) is 9.47 Å². The molecule has 5 heteroatoms. The summed E-state index contributed by atoms with van der Waals surface area (Å²) in [5.41, 5.74) is 1.39. The van der Waals surface area contributed by atoms with Crippen molar-refractivity contribution in [3.63, 3.8) is 0 Å². The second kappa shape index (κ2) is 11.1. The van der Waals surface area contributed by atoms with Crippen LogP contribution in [0.15, 0.2) is 42.5 Å². The molecule has 0 amide bonds. The maximum absolute atomic E-state index is 11.2. The van der Waals surface area contributed by atoms with E-state index in [1.165, 1.54) is 42.5 Å². The van der Waals surface area contributed by atoms with E-state index in [9.17, 15) is 4.79 Å². The SMILES string of the molecule is CC(=O)OC1CCN([C@@H]2CCCCC2OCCCc2ccc3ccccc3c2)C1.Cl. The zero-order chi connectivity index (χ0) is 20.1. The summed E-state index contributed by atoms with van der Waals surface area (Å²) in [6.07, 6.45) is 8.31. The number of benzene rings is 2. The molecule has 1 aliphatic heterocycles. The van der Waals surface area contributed by atoms with Crippen LogP contribution in [0, 0.1) is 0 Å². The minimum atomic E-state index is -0.165. The van der Waals surface area contributed by atoms with Gasteiger partial charge in [-0.25, -0.2) is 0 Å². The molecule has 164 valence electrons. The molecule has 2 fully saturated rings. The van der Waals surface area contributed by atoms with E-state index in [1.54, 1.807) is 0 Å². The molecule has 0 bridgehead atoms. The van der Waals surface area contributed by atoms with Gasteiger partial charge in [0, 0.05) is 32.7 Å². The average Bonchev–Trinajstić information content (AvgIpc) is 3.19. The highest BCUT2D eigenvalue weighted by molar-refractivity contribution is 5.85. The first-order valence-electron chi connectivity index (χ1n) is 11.2. The van der Waals surface area contributed by atoms with Gasteiger partial charge in [0.2, 0.25) is 0 Å². The van der Waals surface area contributed by atoms with Crippen molar-refractivity contribution in [3.05, 3.63) is 48.0 Å². The molecule has 1 saturated heterocycles. The highest BCUT2D eigenvalue weighted by Gasteiger charge is 2.36. The molecule has 1 heterocycles. The molecule has 30 heavy (non-hydrogen) atoms. The number of fused-ring (bicyclic) bond motifs is 1. The summed E-state index contributed by atoms with van der Waals surface area (Å²) in [5.74, 6) is -0.165. The molecule has 4 rings (SSSR count). The smallest absolute Gasteiger partial charge is 0.302 e. The average molecular weight is 432 g/mol. The van der Waals surface area contributed by atoms with Gasteiger partial charge in [-0.05, 0) is 48.4 Å². The first-order chi connectivity index (χ1) is 14.2. The fourth-order valence-corrected chi connectivity index (χ4v) is 4.98. The molecule has 2 aliphatic rings. The Hall–Kier alpha value is -1.62. The van der Waals surface area contributed by atoms with Crippen molar-refractivity contribution >= 4 is 29.1 Å². The third-order valence-corrected chi connectivity index (χ3v) is 6.40. The predicted molar refractivity (Wildman–Crippen MR) is 123 cm³/mol. The van der Waals surface area contributed by atoms with E-state index in [-0.39, 0.29) is 24.5 Å². The third-order valence-electron chi connectivity index (χ3n) is 6.40. The Labute approximate surface area is 186 Å². The van der Waals surface area contributed by atoms with Gasteiger partial charge in [0.25, 0.3) is 0 Å². The van der Waals surface area contributed by atoms with Gasteiger partial charge < -0.3 is 9.47 Å². The van der Waals surface area contributed by atoms with E-state index in [1.807, 2.05) is 0 Å². The van der Waals surface area contributed by atoms with Crippen molar-refractivity contribution < 1.29 is 14.3 Å². The minimum Gasteiger partial charge on any atom is -0.461 e. The van der Waals surface area contributed by atoms with Gasteiger partial charge in [-0.2, -0.15) is 0 Å². The van der Waals surface area contributed by atoms with E-state index < -0.39 is 0 Å². The van der Waals surface area contributed by atoms with Gasteiger partial charge >= 0.3 is 5.97 Å². The van der Waals surface area contributed by atoms with Crippen LogP contribution in [0.25, 0.3) is 10.8 Å². The maximum atomic E-state index is 11.2. The largest absolute Gasteiger partial charge is 0.461 e. The van der Waals surface area contributed by atoms with Gasteiger partial charge in [-0.1, -0.05) is 55.3 Å². The Kier molecular flexibility index (Phi) is 8.55. The standard InChI is InChI=1S/C25H33NO3.ClH/c1-19(27)29-23-14-15-26(18-23)24-10-4-5-11-25(24)28-16-6-7-20-12-13-21-8-2-3-9-22(21)17-20;/h2-3,8-9,12-13,17,23-25H,4-7,10-11,14-16,18H2,1H3;1H/t23?,24-,25?;/m1./s1. The Morgan fingerprint density at radius 1 is 1.07 bits per heavy atom. The van der Waals surface area contributed by atoms with Crippen LogP contribution in [-0.2, 0) is 20.7 Å². The van der Waals surface area contributed by atoms with Gasteiger partial charge in [-0.15, -0.1) is 12.4 Å². The molecule has 2 unspecified atom stereocenters. The number of likely N-dealkylation sites (tertiary alicyclic amines) is 1. The Morgan fingerprint density at radius 3 is 2.70 bits per heavy atom. The van der Waals surface area contributed by atoms with Crippen LogP contribution in [-0.4, -0.2) is 48.8 Å². The number of halogens is 1. The van der Waals surface area contributed by atoms with E-state index in [2.05, 4.69) is 47.4 Å². The molecule has 4 nitrogen and oxygen atoms in total. The molecule has 2 aromatic carbocycles. The quantitative estimate of drug-likeness (QED) is 0.448. The lowest BCUT2D eigenvalue weighted by atomic mass is 9.91. The zero-order valence-electron chi connectivity index (χ0n) is 17.9. The topological polar surface area (TPSA) is 38.8 Å². The first kappa shape index (κ1) is 23.1. The zero-order valence-corrected chi connectivity index (χ0v) is 18.7. The number of rotatable bonds is 7. The summed E-state index contributed by atoms with van der Waals surface area (Å²) < 4.78 is 11.8. The van der Waals surface area contributed by atoms with Gasteiger partial charge in [-0.3, -0.25) is 9.69 Å². The van der Waals surface area contributed by atoms with Crippen LogP contribution < -0.4 is 0 Å². The summed E-state index contributed by atoms with van der Waals surface area (Å²) >= 11 is 0. The molecule has 0 aromatic heterocycles. The van der Waals surface area contributed by atoms with Crippen LogP contribution in [0.4, 0.5) is 0 Å². The molecule has 1 aliphatic carbocycles. The monoisotopic (exact) mass is 431 g/mol. The van der Waals surface area contributed by atoms with Crippen molar-refractivity contribution in [2.75, 3.05) is 19.7 Å². The van der Waals surface area contributed by atoms with Crippen molar-refractivity contribution in [1.82, 2.24) is 4.90 Å². The lowest BCUT2D eigenvalue weighted by Crippen LogP contribution is -2.46. The number of carbonyl (C=O) groups excluding carboxylic acids is 1. The summed E-state index contributed by atoms with van der Waals surface area (Å²) in [5, 5.41) is 2.62. The molecular weight excluding hydrogens is 398 g/mol. The molecule has 2 aromatic rings. The highest BCUT2D eigenvalue weighted by Crippen LogP contribution is 2.29. The van der Waals surface area contributed by atoms with Crippen LogP contribution >= 0.6 is 12.4 Å². The number of nitrogens with zero attached hydrogens (tertiary/aromatic N) is 1. The number of aryl methyl sites for hydroxylation is 1. The fourth-order valence-electron chi connectivity index (χ4n) is 4.98. The summed E-state index contributed by atoms with van der Waals surface area (Å²) in [7, 11) is 0. The normalized spacial score (nSPS) is 24.5. The van der Waals surface area contributed by atoms with Crippen LogP contribution in [0.5, 0.6) is 0 Å². The van der Waals surface area contributed by atoms with Crippen LogP contribution in [0.1, 0.15) is 51.0 Å². The van der Waals surface area contributed by atoms with Gasteiger partial charge in [0.15, 0.2) is 0 Å². The van der Waals surface area contributed by atoms with Crippen LogP contribution in [0.2, 0.25) is 0 Å². The summed E-state index contributed by atoms with van der Waals surface area (Å²) in [6.45, 7) is 4.20. The number of carbonyl (C=O) groups is 1. The van der Waals surface area contributed by atoms with Crippen molar-refractivity contribution in [2.24, 2.45) is 0 Å². The summed E-state index contributed by atoms with van der Waals surface area (Å²) in [4.78, 5) is 13.7. The van der Waals surface area contributed by atoms with Crippen LogP contribution in [0.3, 0.4) is 0 Å². The number of hydrogen-bond donors (Lipinski definition) is 0. The van der Waals surface area contributed by atoms with Crippen molar-refractivity contribution in [1.29, 1.82) is 0 Å². The lowest BCUT2D eigenvalue weighted by molar-refractivity contribution is -0.145. The third kappa shape index (κ3) is 5.96. The molecular formula is C25H34ClNO3. The maximum Gasteiger partial charge on any atom is 0.302 e. The predicted octanol–water partition coefficient (Wildman–Crippen LogP) is 5.16.